The Kier molecular flexibility index (Phi) is 12.2. The normalized spacial score (nSPS) is 32.6. The summed E-state index contributed by atoms with van der Waals surface area (Å²) in [6, 6.07) is 0. The Morgan fingerprint density at radius 1 is 1.21 bits per heavy atom. The average molecular weight is 601 g/mol. The zero-order chi connectivity index (χ0) is 31.1. The molecule has 0 spiro atoms. The number of carbonyl (C=O) groups excluding carboxylic acids is 1. The first-order valence-corrected chi connectivity index (χ1v) is 17.3. The molecule has 0 bridgehead atoms. The molecule has 0 aromatic carbocycles. The molecule has 3 fully saturated rings. The Hall–Kier alpha value is -1.82. The van der Waals surface area contributed by atoms with Crippen LogP contribution in [-0.4, -0.2) is 44.9 Å². The van der Waals surface area contributed by atoms with E-state index in [9.17, 15) is 24.5 Å². The van der Waals surface area contributed by atoms with Crippen LogP contribution in [0.4, 0.5) is 0 Å². The van der Waals surface area contributed by atoms with Crippen molar-refractivity contribution in [2.24, 2.45) is 23.2 Å². The van der Waals surface area contributed by atoms with Crippen LogP contribution in [0.1, 0.15) is 91.4 Å². The Bertz CT molecular complexity index is 1140. The molecule has 0 radical (unpaired) electrons. The second-order valence-corrected chi connectivity index (χ2v) is 15.1. The predicted molar refractivity (Wildman–Crippen MR) is 171 cm³/mol. The maximum absolute atomic E-state index is 13.7. The first-order chi connectivity index (χ1) is 19.9. The number of allylic oxidation sites excluding steroid dienone is 7. The number of aliphatic hydroxyl groups is 2. The quantitative estimate of drug-likeness (QED) is 0.0814. The van der Waals surface area contributed by atoms with Gasteiger partial charge in [-0.25, -0.2) is 0 Å². The van der Waals surface area contributed by atoms with Crippen molar-refractivity contribution >= 4 is 13.4 Å². The van der Waals surface area contributed by atoms with Gasteiger partial charge in [0.25, 0.3) is 0 Å². The monoisotopic (exact) mass is 600 g/mol. The van der Waals surface area contributed by atoms with Crippen LogP contribution in [0.5, 0.6) is 0 Å². The van der Waals surface area contributed by atoms with E-state index in [1.807, 2.05) is 13.0 Å². The first-order valence-electron chi connectivity index (χ1n) is 15.7. The largest absolute Gasteiger partial charge is 0.393 e. The van der Waals surface area contributed by atoms with Gasteiger partial charge < -0.3 is 19.6 Å². The molecule has 0 aromatic rings. The fourth-order valence-corrected chi connectivity index (χ4v) is 9.42. The summed E-state index contributed by atoms with van der Waals surface area (Å²) in [6.45, 7) is 18.2. The summed E-state index contributed by atoms with van der Waals surface area (Å²) in [6.07, 6.45) is 17.2. The molecule has 3 N–H and O–H groups in total. The van der Waals surface area contributed by atoms with Crippen molar-refractivity contribution < 1.29 is 29.0 Å². The molecule has 3 aliphatic carbocycles. The van der Waals surface area contributed by atoms with Crippen LogP contribution in [0, 0.1) is 23.2 Å². The van der Waals surface area contributed by atoms with Crippen LogP contribution in [-0.2, 0) is 13.9 Å². The van der Waals surface area contributed by atoms with Gasteiger partial charge in [0.1, 0.15) is 5.16 Å². The second-order valence-electron chi connectivity index (χ2n) is 13.0. The summed E-state index contributed by atoms with van der Waals surface area (Å²) in [4.78, 5) is 24.7. The standard InChI is InChI=1S/C35H53O6P/c1-7-10-22-41-42(39,40)35(19-8-2,20-9-3)33(38)18-13-25(4)30-16-17-31-27(12-11-21-34(30,31)6)14-15-28-23-29(36)24-32(37)26(28)5/h8-9,13-15,18,25,29-32,36-37H,2-3,5,7,10-12,16-17,19-24H2,1,4,6H3,(H,39,40)/t25-,29-,30-,31?,32+,34-/m1/s1. The van der Waals surface area contributed by atoms with E-state index in [4.69, 9.17) is 4.52 Å². The number of rotatable bonds is 14. The summed E-state index contributed by atoms with van der Waals surface area (Å²) >= 11 is 0. The molecule has 42 heavy (non-hydrogen) atoms. The van der Waals surface area contributed by atoms with Gasteiger partial charge in [0.05, 0.1) is 18.8 Å². The number of aliphatic hydroxyl groups excluding tert-OH is 2. The van der Waals surface area contributed by atoms with E-state index >= 15 is 0 Å². The molecule has 234 valence electrons. The lowest BCUT2D eigenvalue weighted by molar-refractivity contribution is -0.117. The van der Waals surface area contributed by atoms with Crippen molar-refractivity contribution in [3.05, 3.63) is 72.9 Å². The van der Waals surface area contributed by atoms with E-state index < -0.39 is 30.7 Å². The van der Waals surface area contributed by atoms with Crippen LogP contribution in [0.3, 0.4) is 0 Å². The number of hydrogen-bond donors (Lipinski definition) is 3. The molecule has 3 aliphatic rings. The van der Waals surface area contributed by atoms with E-state index in [1.165, 1.54) is 23.8 Å². The smallest absolute Gasteiger partial charge is 0.342 e. The highest BCUT2D eigenvalue weighted by atomic mass is 31.2. The maximum atomic E-state index is 13.7. The molecule has 0 saturated heterocycles. The third-order valence-electron chi connectivity index (χ3n) is 10.2. The third kappa shape index (κ3) is 7.27. The second kappa shape index (κ2) is 14.8. The van der Waals surface area contributed by atoms with Gasteiger partial charge in [-0.05, 0) is 98.2 Å². The van der Waals surface area contributed by atoms with Gasteiger partial charge in [0.15, 0.2) is 5.78 Å². The van der Waals surface area contributed by atoms with Crippen molar-refractivity contribution in [1.82, 2.24) is 0 Å². The molecular formula is C35H53O6P. The van der Waals surface area contributed by atoms with E-state index in [-0.39, 0.29) is 30.8 Å². The van der Waals surface area contributed by atoms with Gasteiger partial charge in [-0.1, -0.05) is 69.7 Å². The predicted octanol–water partition coefficient (Wildman–Crippen LogP) is 7.78. The third-order valence-corrected chi connectivity index (χ3v) is 12.4. The molecule has 2 unspecified atom stereocenters. The van der Waals surface area contributed by atoms with E-state index in [0.717, 1.165) is 44.1 Å². The van der Waals surface area contributed by atoms with Crippen LogP contribution in [0.15, 0.2) is 72.9 Å². The lowest BCUT2D eigenvalue weighted by Gasteiger charge is -2.44. The molecule has 0 aliphatic heterocycles. The molecular weight excluding hydrogens is 547 g/mol. The summed E-state index contributed by atoms with van der Waals surface area (Å²) in [5.74, 6) is 0.487. The number of ketones is 1. The minimum Gasteiger partial charge on any atom is -0.393 e. The van der Waals surface area contributed by atoms with Crippen molar-refractivity contribution in [3.8, 4) is 0 Å². The molecule has 3 saturated carbocycles. The topological polar surface area (TPSA) is 104 Å². The highest BCUT2D eigenvalue weighted by molar-refractivity contribution is 7.56. The summed E-state index contributed by atoms with van der Waals surface area (Å²) in [5.41, 5.74) is 3.12. The van der Waals surface area contributed by atoms with Gasteiger partial charge in [-0.2, -0.15) is 0 Å². The lowest BCUT2D eigenvalue weighted by atomic mass is 9.61. The SMILES string of the molecule is C=CCC(CC=C)(C(=O)C=C[C@@H](C)[C@H]1CCC2C(=CC=C3C[C@@H](O)C[C@H](O)C3=C)CCC[C@@]21C)P(=O)(O)OCCCC. The fraction of sp³-hybridized carbons (Fsp3) is 0.629. The van der Waals surface area contributed by atoms with Crippen molar-refractivity contribution in [3.63, 3.8) is 0 Å². The Morgan fingerprint density at radius 2 is 1.90 bits per heavy atom. The van der Waals surface area contributed by atoms with Crippen molar-refractivity contribution in [1.29, 1.82) is 0 Å². The van der Waals surface area contributed by atoms with Crippen LogP contribution in [0.2, 0.25) is 0 Å². The van der Waals surface area contributed by atoms with Crippen LogP contribution in [0.25, 0.3) is 0 Å². The van der Waals surface area contributed by atoms with Crippen molar-refractivity contribution in [2.45, 2.75) is 109 Å². The van der Waals surface area contributed by atoms with Crippen LogP contribution < -0.4 is 0 Å². The number of fused-ring (bicyclic) bond motifs is 1. The highest BCUT2D eigenvalue weighted by Crippen LogP contribution is 2.61. The van der Waals surface area contributed by atoms with Gasteiger partial charge in [0, 0.05) is 6.42 Å². The highest BCUT2D eigenvalue weighted by Gasteiger charge is 2.53. The number of carbonyl (C=O) groups is 1. The molecule has 0 aromatic heterocycles. The Morgan fingerprint density at radius 3 is 2.55 bits per heavy atom. The maximum Gasteiger partial charge on any atom is 0.342 e. The molecule has 3 rings (SSSR count). The fourth-order valence-electron chi connectivity index (χ4n) is 7.72. The van der Waals surface area contributed by atoms with Gasteiger partial charge >= 0.3 is 7.60 Å². The van der Waals surface area contributed by atoms with Gasteiger partial charge in [0.2, 0.25) is 0 Å². The van der Waals surface area contributed by atoms with E-state index in [1.54, 1.807) is 0 Å². The summed E-state index contributed by atoms with van der Waals surface area (Å²) in [7, 11) is -4.31. The lowest BCUT2D eigenvalue weighted by Crippen LogP contribution is -2.38. The molecule has 7 atom stereocenters. The van der Waals surface area contributed by atoms with E-state index in [2.05, 4.69) is 45.7 Å². The number of hydrogen-bond acceptors (Lipinski definition) is 5. The first kappa shape index (κ1) is 34.7. The van der Waals surface area contributed by atoms with Gasteiger partial charge in [-0.15, -0.1) is 13.2 Å². The molecule has 0 heterocycles. The molecule has 0 amide bonds. The minimum absolute atomic E-state index is 0.0316. The molecule has 7 heteroatoms. The van der Waals surface area contributed by atoms with Crippen LogP contribution >= 0.6 is 7.60 Å². The Balaban J connectivity index is 1.81. The average Bonchev–Trinajstić information content (AvgIpc) is 3.30. The summed E-state index contributed by atoms with van der Waals surface area (Å²) in [5, 5.41) is 18.8. The zero-order valence-electron chi connectivity index (χ0n) is 26.0. The van der Waals surface area contributed by atoms with Crippen molar-refractivity contribution in [2.75, 3.05) is 6.61 Å². The van der Waals surface area contributed by atoms with Gasteiger partial charge in [-0.3, -0.25) is 9.36 Å². The summed E-state index contributed by atoms with van der Waals surface area (Å²) < 4.78 is 18.9. The number of unbranched alkanes of at least 4 members (excludes halogenated alkanes) is 1. The Labute approximate surface area is 253 Å². The molecule has 6 nitrogen and oxygen atoms in total. The minimum atomic E-state index is -4.31. The zero-order valence-corrected chi connectivity index (χ0v) is 26.9. The van der Waals surface area contributed by atoms with E-state index in [0.29, 0.717) is 36.7 Å².